The van der Waals surface area contributed by atoms with Crippen molar-refractivity contribution in [1.82, 2.24) is 15.2 Å². The van der Waals surface area contributed by atoms with Crippen LogP contribution in [-0.4, -0.2) is 49.3 Å². The molecule has 5 nitrogen and oxygen atoms in total. The first-order chi connectivity index (χ1) is 10.3. The van der Waals surface area contributed by atoms with Gasteiger partial charge in [-0.3, -0.25) is 4.98 Å². The molecule has 1 aliphatic heterocycles. The SMILES string of the molecule is CN(CC1CCOCC1)C(=O)NCCCc1ccccn1. The Morgan fingerprint density at radius 2 is 2.24 bits per heavy atom. The van der Waals surface area contributed by atoms with Crippen LogP contribution in [0.1, 0.15) is 25.0 Å². The van der Waals surface area contributed by atoms with Gasteiger partial charge in [-0.15, -0.1) is 0 Å². The van der Waals surface area contributed by atoms with Gasteiger partial charge in [-0.25, -0.2) is 4.79 Å². The van der Waals surface area contributed by atoms with Crippen LogP contribution < -0.4 is 5.32 Å². The minimum atomic E-state index is 0.0162. The molecule has 2 heterocycles. The van der Waals surface area contributed by atoms with Crippen molar-refractivity contribution in [2.75, 3.05) is 33.4 Å². The number of nitrogens with one attached hydrogen (secondary N) is 1. The van der Waals surface area contributed by atoms with Crippen LogP contribution in [0.4, 0.5) is 4.79 Å². The molecule has 0 bridgehead atoms. The fourth-order valence-corrected chi connectivity index (χ4v) is 2.54. The van der Waals surface area contributed by atoms with E-state index in [1.165, 1.54) is 0 Å². The molecule has 2 rings (SSSR count). The highest BCUT2D eigenvalue weighted by Crippen LogP contribution is 2.15. The number of carbonyl (C=O) groups is 1. The largest absolute Gasteiger partial charge is 0.381 e. The van der Waals surface area contributed by atoms with Crippen LogP contribution in [0.25, 0.3) is 0 Å². The first kappa shape index (κ1) is 15.8. The fourth-order valence-electron chi connectivity index (χ4n) is 2.54. The zero-order valence-electron chi connectivity index (χ0n) is 12.8. The molecule has 1 aromatic rings. The van der Waals surface area contributed by atoms with Crippen LogP contribution in [0, 0.1) is 5.92 Å². The molecule has 0 radical (unpaired) electrons. The molecule has 0 spiro atoms. The van der Waals surface area contributed by atoms with E-state index < -0.39 is 0 Å². The minimum Gasteiger partial charge on any atom is -0.381 e. The number of amides is 2. The fraction of sp³-hybridized carbons (Fsp3) is 0.625. The van der Waals surface area contributed by atoms with Crippen molar-refractivity contribution < 1.29 is 9.53 Å². The lowest BCUT2D eigenvalue weighted by atomic mass is 10.00. The standard InChI is InChI=1S/C16H25N3O2/c1-19(13-14-7-11-21-12-8-14)16(20)18-10-4-6-15-5-2-3-9-17-15/h2-3,5,9,14H,4,6-8,10-13H2,1H3,(H,18,20). The highest BCUT2D eigenvalue weighted by Gasteiger charge is 2.18. The lowest BCUT2D eigenvalue weighted by Crippen LogP contribution is -2.41. The topological polar surface area (TPSA) is 54.5 Å². The maximum absolute atomic E-state index is 12.0. The third-order valence-electron chi connectivity index (χ3n) is 3.83. The lowest BCUT2D eigenvalue weighted by Gasteiger charge is -2.27. The summed E-state index contributed by atoms with van der Waals surface area (Å²) >= 11 is 0. The number of nitrogens with zero attached hydrogens (tertiary/aromatic N) is 2. The van der Waals surface area contributed by atoms with E-state index in [9.17, 15) is 4.79 Å². The second-order valence-electron chi connectivity index (χ2n) is 5.59. The van der Waals surface area contributed by atoms with Gasteiger partial charge in [0.15, 0.2) is 0 Å². The predicted molar refractivity (Wildman–Crippen MR) is 82.1 cm³/mol. The molecule has 0 atom stereocenters. The zero-order valence-corrected chi connectivity index (χ0v) is 12.8. The van der Waals surface area contributed by atoms with Gasteiger partial charge in [0.1, 0.15) is 0 Å². The van der Waals surface area contributed by atoms with Crippen molar-refractivity contribution in [2.24, 2.45) is 5.92 Å². The summed E-state index contributed by atoms with van der Waals surface area (Å²) in [6.07, 6.45) is 5.71. The van der Waals surface area contributed by atoms with Crippen LogP contribution in [0.5, 0.6) is 0 Å². The van der Waals surface area contributed by atoms with E-state index in [1.807, 2.05) is 25.2 Å². The van der Waals surface area contributed by atoms with Gasteiger partial charge in [-0.1, -0.05) is 6.07 Å². The number of aromatic nitrogens is 1. The Morgan fingerprint density at radius 1 is 1.43 bits per heavy atom. The van der Waals surface area contributed by atoms with Gasteiger partial charge in [0.05, 0.1) is 0 Å². The Labute approximate surface area is 126 Å². The summed E-state index contributed by atoms with van der Waals surface area (Å²) in [4.78, 5) is 18.1. The van der Waals surface area contributed by atoms with Crippen LogP contribution in [-0.2, 0) is 11.2 Å². The van der Waals surface area contributed by atoms with Crippen molar-refractivity contribution in [3.05, 3.63) is 30.1 Å². The summed E-state index contributed by atoms with van der Waals surface area (Å²) in [5.41, 5.74) is 1.07. The highest BCUT2D eigenvalue weighted by atomic mass is 16.5. The molecule has 0 saturated carbocycles. The number of rotatable bonds is 6. The molecule has 1 saturated heterocycles. The van der Waals surface area contributed by atoms with Crippen molar-refractivity contribution >= 4 is 6.03 Å². The van der Waals surface area contributed by atoms with Gasteiger partial charge in [-0.05, 0) is 43.7 Å². The summed E-state index contributed by atoms with van der Waals surface area (Å²) in [5.74, 6) is 0.572. The van der Waals surface area contributed by atoms with Gasteiger partial charge in [0, 0.05) is 45.2 Å². The van der Waals surface area contributed by atoms with Gasteiger partial charge in [0.25, 0.3) is 0 Å². The Balaban J connectivity index is 1.60. The number of aryl methyl sites for hydroxylation is 1. The predicted octanol–water partition coefficient (Wildman–Crippen LogP) is 2.08. The molecule has 1 aliphatic rings. The third kappa shape index (κ3) is 5.71. The first-order valence-electron chi connectivity index (χ1n) is 7.72. The monoisotopic (exact) mass is 291 g/mol. The van der Waals surface area contributed by atoms with E-state index >= 15 is 0 Å². The van der Waals surface area contributed by atoms with Gasteiger partial charge >= 0.3 is 6.03 Å². The highest BCUT2D eigenvalue weighted by molar-refractivity contribution is 5.73. The van der Waals surface area contributed by atoms with E-state index in [4.69, 9.17) is 4.74 Å². The molecule has 0 unspecified atom stereocenters. The van der Waals surface area contributed by atoms with E-state index in [0.29, 0.717) is 12.5 Å². The van der Waals surface area contributed by atoms with Gasteiger partial charge < -0.3 is 15.0 Å². The van der Waals surface area contributed by atoms with E-state index in [0.717, 1.165) is 51.1 Å². The normalized spacial score (nSPS) is 15.7. The number of pyridine rings is 1. The Bertz CT molecular complexity index is 419. The van der Waals surface area contributed by atoms with E-state index in [1.54, 1.807) is 11.1 Å². The molecule has 1 fully saturated rings. The number of ether oxygens (including phenoxy) is 1. The Morgan fingerprint density at radius 3 is 2.95 bits per heavy atom. The van der Waals surface area contributed by atoms with Crippen LogP contribution in [0.3, 0.4) is 0 Å². The summed E-state index contributed by atoms with van der Waals surface area (Å²) in [5, 5.41) is 2.97. The van der Waals surface area contributed by atoms with Crippen molar-refractivity contribution in [3.63, 3.8) is 0 Å². The van der Waals surface area contributed by atoms with Crippen molar-refractivity contribution in [1.29, 1.82) is 0 Å². The molecule has 21 heavy (non-hydrogen) atoms. The number of carbonyl (C=O) groups excluding carboxylic acids is 1. The van der Waals surface area contributed by atoms with Crippen molar-refractivity contribution in [2.45, 2.75) is 25.7 Å². The molecule has 2 amide bonds. The average molecular weight is 291 g/mol. The van der Waals surface area contributed by atoms with Crippen LogP contribution in [0.15, 0.2) is 24.4 Å². The Kier molecular flexibility index (Phi) is 6.47. The second-order valence-corrected chi connectivity index (χ2v) is 5.59. The smallest absolute Gasteiger partial charge is 0.317 e. The molecule has 0 aliphatic carbocycles. The number of hydrogen-bond acceptors (Lipinski definition) is 3. The number of hydrogen-bond donors (Lipinski definition) is 1. The molecule has 1 aromatic heterocycles. The maximum atomic E-state index is 12.0. The zero-order chi connectivity index (χ0) is 14.9. The number of urea groups is 1. The van der Waals surface area contributed by atoms with Crippen LogP contribution in [0.2, 0.25) is 0 Å². The molecule has 1 N–H and O–H groups in total. The maximum Gasteiger partial charge on any atom is 0.317 e. The van der Waals surface area contributed by atoms with Crippen LogP contribution >= 0.6 is 0 Å². The summed E-state index contributed by atoms with van der Waals surface area (Å²) in [6.45, 7) is 3.15. The molecule has 0 aromatic carbocycles. The second kappa shape index (κ2) is 8.62. The van der Waals surface area contributed by atoms with E-state index in [2.05, 4.69) is 10.3 Å². The molecular weight excluding hydrogens is 266 g/mol. The minimum absolute atomic E-state index is 0.0162. The average Bonchev–Trinajstić information content (AvgIpc) is 2.53. The molecule has 5 heteroatoms. The van der Waals surface area contributed by atoms with Gasteiger partial charge in [0.2, 0.25) is 0 Å². The summed E-state index contributed by atoms with van der Waals surface area (Å²) in [6, 6.07) is 5.93. The van der Waals surface area contributed by atoms with Gasteiger partial charge in [-0.2, -0.15) is 0 Å². The third-order valence-corrected chi connectivity index (χ3v) is 3.83. The molecule has 116 valence electrons. The van der Waals surface area contributed by atoms with Crippen molar-refractivity contribution in [3.8, 4) is 0 Å². The molecular formula is C16H25N3O2. The Hall–Kier alpha value is -1.62. The summed E-state index contributed by atoms with van der Waals surface area (Å²) in [7, 11) is 1.86. The quantitative estimate of drug-likeness (QED) is 0.817. The first-order valence-corrected chi connectivity index (χ1v) is 7.72. The van der Waals surface area contributed by atoms with E-state index in [-0.39, 0.29) is 6.03 Å². The summed E-state index contributed by atoms with van der Waals surface area (Å²) < 4.78 is 5.34. The lowest BCUT2D eigenvalue weighted by molar-refractivity contribution is 0.0586.